The Labute approximate surface area is 141 Å². The Morgan fingerprint density at radius 2 is 2.13 bits per heavy atom. The van der Waals surface area contributed by atoms with E-state index >= 15 is 0 Å². The zero-order valence-corrected chi connectivity index (χ0v) is 14.5. The first-order valence-electron chi connectivity index (χ1n) is 8.14. The molecule has 5 heteroatoms. The van der Waals surface area contributed by atoms with Crippen LogP contribution in [-0.4, -0.2) is 34.9 Å². The number of aromatic nitrogens is 1. The van der Waals surface area contributed by atoms with Crippen molar-refractivity contribution in [3.05, 3.63) is 40.2 Å². The van der Waals surface area contributed by atoms with Crippen LogP contribution in [0, 0.1) is 12.8 Å². The van der Waals surface area contributed by atoms with Gasteiger partial charge in [0, 0.05) is 24.7 Å². The molecular weight excluding hydrogens is 306 g/mol. The van der Waals surface area contributed by atoms with E-state index in [1.54, 1.807) is 0 Å². The summed E-state index contributed by atoms with van der Waals surface area (Å²) in [4.78, 5) is 20.3. The summed E-state index contributed by atoms with van der Waals surface area (Å²) in [6.45, 7) is 5.55. The van der Waals surface area contributed by atoms with Crippen LogP contribution < -0.4 is 5.73 Å². The van der Waals surface area contributed by atoms with E-state index in [1.807, 2.05) is 49.1 Å². The van der Waals surface area contributed by atoms with Crippen LogP contribution in [0.1, 0.15) is 34.4 Å². The van der Waals surface area contributed by atoms with Crippen molar-refractivity contribution in [1.29, 1.82) is 0 Å². The summed E-state index contributed by atoms with van der Waals surface area (Å²) in [5.41, 5.74) is 7.85. The molecule has 4 nitrogen and oxygen atoms in total. The van der Waals surface area contributed by atoms with E-state index in [0.717, 1.165) is 47.1 Å². The highest BCUT2D eigenvalue weighted by Crippen LogP contribution is 2.30. The van der Waals surface area contributed by atoms with Crippen LogP contribution >= 0.6 is 11.3 Å². The molecular formula is C18H23N3OS. The van der Waals surface area contributed by atoms with Gasteiger partial charge in [-0.1, -0.05) is 30.3 Å². The molecule has 1 amide bonds. The Morgan fingerprint density at radius 1 is 1.39 bits per heavy atom. The van der Waals surface area contributed by atoms with E-state index in [-0.39, 0.29) is 11.9 Å². The number of hydrogen-bond donors (Lipinski definition) is 1. The second-order valence-corrected chi connectivity index (χ2v) is 7.49. The summed E-state index contributed by atoms with van der Waals surface area (Å²) in [7, 11) is 0. The van der Waals surface area contributed by atoms with Crippen molar-refractivity contribution >= 4 is 17.2 Å². The molecule has 122 valence electrons. The van der Waals surface area contributed by atoms with E-state index in [1.165, 1.54) is 11.3 Å². The number of nitrogens with two attached hydrogens (primary N) is 1. The van der Waals surface area contributed by atoms with Crippen LogP contribution in [0.2, 0.25) is 0 Å². The molecule has 23 heavy (non-hydrogen) atoms. The molecule has 1 aromatic heterocycles. The number of piperidine rings is 1. The van der Waals surface area contributed by atoms with Crippen LogP contribution in [0.15, 0.2) is 30.3 Å². The molecule has 2 aromatic rings. The van der Waals surface area contributed by atoms with Crippen molar-refractivity contribution in [2.24, 2.45) is 11.7 Å². The normalized spacial score (nSPS) is 19.6. The first kappa shape index (κ1) is 16.1. The number of carbonyl (C=O) groups excluding carboxylic acids is 1. The van der Waals surface area contributed by atoms with Gasteiger partial charge in [0.05, 0.1) is 10.7 Å². The van der Waals surface area contributed by atoms with E-state index in [9.17, 15) is 4.79 Å². The number of carbonyl (C=O) groups is 1. The third-order valence-electron chi connectivity index (χ3n) is 4.46. The number of thiazole rings is 1. The first-order chi connectivity index (χ1) is 11.1. The summed E-state index contributed by atoms with van der Waals surface area (Å²) in [5, 5.41) is 0.924. The average molecular weight is 329 g/mol. The molecule has 0 saturated carbocycles. The number of rotatable bonds is 3. The van der Waals surface area contributed by atoms with Gasteiger partial charge in [-0.25, -0.2) is 4.98 Å². The Bertz CT molecular complexity index is 681. The van der Waals surface area contributed by atoms with Gasteiger partial charge in [-0.2, -0.15) is 0 Å². The molecule has 1 aromatic carbocycles. The molecule has 1 fully saturated rings. The Balaban J connectivity index is 1.88. The summed E-state index contributed by atoms with van der Waals surface area (Å²) >= 11 is 1.49. The van der Waals surface area contributed by atoms with Crippen LogP contribution in [0.25, 0.3) is 11.3 Å². The van der Waals surface area contributed by atoms with Crippen molar-refractivity contribution in [3.63, 3.8) is 0 Å². The van der Waals surface area contributed by atoms with Crippen LogP contribution in [0.4, 0.5) is 0 Å². The minimum atomic E-state index is 0.0970. The van der Waals surface area contributed by atoms with Crippen molar-refractivity contribution in [1.82, 2.24) is 9.88 Å². The molecule has 3 rings (SSSR count). The fourth-order valence-electron chi connectivity index (χ4n) is 3.13. The van der Waals surface area contributed by atoms with Crippen LogP contribution in [0.3, 0.4) is 0 Å². The summed E-state index contributed by atoms with van der Waals surface area (Å²) in [6, 6.07) is 10.1. The van der Waals surface area contributed by atoms with Crippen LogP contribution in [0.5, 0.6) is 0 Å². The molecule has 2 atom stereocenters. The number of likely N-dealkylation sites (tertiary alicyclic amines) is 1. The van der Waals surface area contributed by atoms with Crippen molar-refractivity contribution in [2.45, 2.75) is 32.7 Å². The third-order valence-corrected chi connectivity index (χ3v) is 5.42. The lowest BCUT2D eigenvalue weighted by Gasteiger charge is -2.34. The van der Waals surface area contributed by atoms with E-state index in [2.05, 4.69) is 4.98 Å². The molecule has 0 spiro atoms. The first-order valence-corrected chi connectivity index (χ1v) is 8.95. The molecule has 1 aliphatic heterocycles. The summed E-state index contributed by atoms with van der Waals surface area (Å²) < 4.78 is 0. The predicted octanol–water partition coefficient (Wildman–Crippen LogP) is 3.32. The molecule has 0 bridgehead atoms. The Kier molecular flexibility index (Phi) is 4.78. The van der Waals surface area contributed by atoms with E-state index in [4.69, 9.17) is 5.73 Å². The number of hydrogen-bond acceptors (Lipinski definition) is 4. The number of benzene rings is 1. The minimum absolute atomic E-state index is 0.0970. The van der Waals surface area contributed by atoms with Gasteiger partial charge in [0.1, 0.15) is 4.88 Å². The zero-order valence-electron chi connectivity index (χ0n) is 13.7. The second-order valence-electron chi connectivity index (χ2n) is 6.29. The maximum Gasteiger partial charge on any atom is 0.266 e. The quantitative estimate of drug-likeness (QED) is 0.940. The van der Waals surface area contributed by atoms with Crippen molar-refractivity contribution < 1.29 is 4.79 Å². The van der Waals surface area contributed by atoms with Gasteiger partial charge >= 0.3 is 0 Å². The maximum absolute atomic E-state index is 13.0. The summed E-state index contributed by atoms with van der Waals surface area (Å²) in [5.74, 6) is 0.488. The summed E-state index contributed by atoms with van der Waals surface area (Å²) in [6.07, 6.45) is 2.13. The smallest absolute Gasteiger partial charge is 0.266 e. The number of nitrogens with zero attached hydrogens (tertiary/aromatic N) is 2. The third kappa shape index (κ3) is 3.46. The topological polar surface area (TPSA) is 59.2 Å². The Hall–Kier alpha value is -1.72. The molecule has 2 unspecified atom stereocenters. The van der Waals surface area contributed by atoms with Gasteiger partial charge in [-0.05, 0) is 32.6 Å². The predicted molar refractivity (Wildman–Crippen MR) is 94.6 cm³/mol. The standard InChI is InChI=1S/C18H23N3OS/c1-12(19)15-9-6-10-21(11-15)18(22)17-16(20-13(2)23-17)14-7-4-3-5-8-14/h3-5,7-8,12,15H,6,9-11,19H2,1-2H3. The van der Waals surface area contributed by atoms with Gasteiger partial charge in [0.15, 0.2) is 0 Å². The molecule has 1 aliphatic rings. The monoisotopic (exact) mass is 329 g/mol. The molecule has 1 saturated heterocycles. The maximum atomic E-state index is 13.0. The SMILES string of the molecule is Cc1nc(-c2ccccc2)c(C(=O)N2CCCC(C(C)N)C2)s1. The van der Waals surface area contributed by atoms with Crippen molar-refractivity contribution in [2.75, 3.05) is 13.1 Å². The largest absolute Gasteiger partial charge is 0.338 e. The number of amides is 1. The highest BCUT2D eigenvalue weighted by Gasteiger charge is 2.29. The van der Waals surface area contributed by atoms with Gasteiger partial charge in [0.2, 0.25) is 0 Å². The highest BCUT2D eigenvalue weighted by molar-refractivity contribution is 7.14. The number of aryl methyl sites for hydroxylation is 1. The lowest BCUT2D eigenvalue weighted by Crippen LogP contribution is -2.45. The minimum Gasteiger partial charge on any atom is -0.338 e. The van der Waals surface area contributed by atoms with E-state index < -0.39 is 0 Å². The van der Waals surface area contributed by atoms with Crippen LogP contribution in [-0.2, 0) is 0 Å². The van der Waals surface area contributed by atoms with Gasteiger partial charge < -0.3 is 10.6 Å². The fourth-order valence-corrected chi connectivity index (χ4v) is 4.04. The molecule has 2 N–H and O–H groups in total. The average Bonchev–Trinajstić information content (AvgIpc) is 2.97. The van der Waals surface area contributed by atoms with Crippen molar-refractivity contribution in [3.8, 4) is 11.3 Å². The molecule has 2 heterocycles. The second kappa shape index (κ2) is 6.81. The zero-order chi connectivity index (χ0) is 16.4. The van der Waals surface area contributed by atoms with Gasteiger partial charge in [-0.15, -0.1) is 11.3 Å². The molecule has 0 radical (unpaired) electrons. The fraction of sp³-hybridized carbons (Fsp3) is 0.444. The van der Waals surface area contributed by atoms with Gasteiger partial charge in [-0.3, -0.25) is 4.79 Å². The Morgan fingerprint density at radius 3 is 2.83 bits per heavy atom. The molecule has 0 aliphatic carbocycles. The highest BCUT2D eigenvalue weighted by atomic mass is 32.1. The van der Waals surface area contributed by atoms with E-state index in [0.29, 0.717) is 5.92 Å². The lowest BCUT2D eigenvalue weighted by atomic mass is 9.92. The van der Waals surface area contributed by atoms with Gasteiger partial charge in [0.25, 0.3) is 5.91 Å². The lowest BCUT2D eigenvalue weighted by molar-refractivity contribution is 0.0666.